The van der Waals surface area contributed by atoms with Gasteiger partial charge >= 0.3 is 5.97 Å². The van der Waals surface area contributed by atoms with Crippen molar-refractivity contribution in [2.24, 2.45) is 5.10 Å². The smallest absolute Gasteiger partial charge is 0.345 e. The number of amides is 1. The summed E-state index contributed by atoms with van der Waals surface area (Å²) >= 11 is 13.1. The first kappa shape index (κ1) is 27.9. The van der Waals surface area contributed by atoms with Crippen LogP contribution in [-0.2, 0) is 0 Å². The van der Waals surface area contributed by atoms with Gasteiger partial charge in [0.2, 0.25) is 0 Å². The van der Waals surface area contributed by atoms with Gasteiger partial charge in [0.15, 0.2) is 5.75 Å². The normalized spacial score (nSPS) is 11.3. The fourth-order valence-electron chi connectivity index (χ4n) is 4.79. The number of carbonyl (C=O) groups excluding carboxylic acids is 2. The van der Waals surface area contributed by atoms with E-state index >= 15 is 0 Å². The van der Waals surface area contributed by atoms with Gasteiger partial charge in [-0.2, -0.15) is 5.10 Å². The number of hydrazone groups is 1. The molecule has 0 aliphatic heterocycles. The molecule has 0 bridgehead atoms. The summed E-state index contributed by atoms with van der Waals surface area (Å²) in [5, 5.41) is 7.51. The van der Waals surface area contributed by atoms with Crippen molar-refractivity contribution < 1.29 is 14.3 Å². The van der Waals surface area contributed by atoms with E-state index in [1.807, 2.05) is 66.7 Å². The summed E-state index contributed by atoms with van der Waals surface area (Å²) < 4.78 is 6.93. The molecule has 42 heavy (non-hydrogen) atoms. The quantitative estimate of drug-likeness (QED) is 0.0787. The van der Waals surface area contributed by atoms with E-state index in [4.69, 9.17) is 16.3 Å². The van der Waals surface area contributed by atoms with E-state index in [1.165, 1.54) is 6.21 Å². The number of H-pyrrole nitrogens is 1. The van der Waals surface area contributed by atoms with Gasteiger partial charge in [0.25, 0.3) is 5.91 Å². The summed E-state index contributed by atoms with van der Waals surface area (Å²) in [5.74, 6) is -0.822. The number of fused-ring (bicyclic) bond motifs is 3. The molecule has 0 aliphatic rings. The lowest BCUT2D eigenvalue weighted by atomic mass is 9.99. The Hall–Kier alpha value is -4.24. The number of aromatic amines is 1. The van der Waals surface area contributed by atoms with Crippen LogP contribution in [0.15, 0.2) is 117 Å². The number of esters is 1. The molecule has 6 rings (SSSR count). The van der Waals surface area contributed by atoms with Gasteiger partial charge in [-0.25, -0.2) is 10.2 Å². The monoisotopic (exact) mass is 699 g/mol. The topological polar surface area (TPSA) is 83.5 Å². The minimum absolute atomic E-state index is 0.225. The predicted molar refractivity (Wildman–Crippen MR) is 175 cm³/mol. The number of carbonyl (C=O) groups is 2. The molecule has 5 aromatic carbocycles. The molecule has 1 aromatic heterocycles. The van der Waals surface area contributed by atoms with Crippen LogP contribution in [0.2, 0.25) is 5.02 Å². The van der Waals surface area contributed by atoms with Crippen LogP contribution in [0.25, 0.3) is 32.8 Å². The highest BCUT2D eigenvalue weighted by molar-refractivity contribution is 9.11. The molecular weight excluding hydrogens is 682 g/mol. The Kier molecular flexibility index (Phi) is 7.93. The maximum Gasteiger partial charge on any atom is 0.345 e. The number of nitrogens with zero attached hydrogens (tertiary/aromatic N) is 1. The van der Waals surface area contributed by atoms with Crippen LogP contribution in [0.5, 0.6) is 5.75 Å². The zero-order valence-electron chi connectivity index (χ0n) is 21.7. The summed E-state index contributed by atoms with van der Waals surface area (Å²) in [6, 6.07) is 31.9. The molecule has 206 valence electrons. The second-order valence-corrected chi connectivity index (χ2v) is 11.5. The van der Waals surface area contributed by atoms with Crippen molar-refractivity contribution in [1.82, 2.24) is 10.4 Å². The number of nitrogens with one attached hydrogen (secondary N) is 2. The molecule has 0 atom stereocenters. The Labute approximate surface area is 262 Å². The standard InChI is InChI=1S/C33H20Br2ClN3O3/c34-22-16-21(31(26(35)17-22)42-33(41)24-12-6-7-13-27(24)36)18-37-39-32(40)30-28(20-9-2-1-3-10-20)25-15-14-19-8-4-5-11-23(19)29(25)38-30/h1-18,38H,(H,39,40). The lowest BCUT2D eigenvalue weighted by Crippen LogP contribution is -2.19. The summed E-state index contributed by atoms with van der Waals surface area (Å²) in [6.45, 7) is 0. The maximum absolute atomic E-state index is 13.6. The number of rotatable bonds is 6. The molecule has 6 nitrogen and oxygen atoms in total. The third-order valence-corrected chi connectivity index (χ3v) is 8.06. The molecule has 1 heterocycles. The molecule has 0 spiro atoms. The molecule has 0 saturated carbocycles. The van der Waals surface area contributed by atoms with E-state index in [-0.39, 0.29) is 16.3 Å². The first-order chi connectivity index (χ1) is 20.4. The van der Waals surface area contributed by atoms with Gasteiger partial charge in [-0.1, -0.05) is 106 Å². The van der Waals surface area contributed by atoms with E-state index in [1.54, 1.807) is 36.4 Å². The average molecular weight is 702 g/mol. The first-order valence-electron chi connectivity index (χ1n) is 12.8. The molecule has 0 unspecified atom stereocenters. The van der Waals surface area contributed by atoms with Gasteiger partial charge in [0.05, 0.1) is 26.8 Å². The van der Waals surface area contributed by atoms with Gasteiger partial charge in [0.1, 0.15) is 5.69 Å². The summed E-state index contributed by atoms with van der Waals surface area (Å²) in [6.07, 6.45) is 1.42. The molecular formula is C33H20Br2ClN3O3. The van der Waals surface area contributed by atoms with E-state index in [0.29, 0.717) is 20.2 Å². The lowest BCUT2D eigenvalue weighted by molar-refractivity contribution is 0.0733. The molecule has 6 aromatic rings. The van der Waals surface area contributed by atoms with E-state index in [2.05, 4.69) is 47.4 Å². The maximum atomic E-state index is 13.6. The van der Waals surface area contributed by atoms with Crippen molar-refractivity contribution >= 4 is 83.2 Å². The highest BCUT2D eigenvalue weighted by Gasteiger charge is 2.21. The van der Waals surface area contributed by atoms with E-state index < -0.39 is 11.9 Å². The van der Waals surface area contributed by atoms with Crippen LogP contribution in [0.3, 0.4) is 0 Å². The zero-order chi connectivity index (χ0) is 29.2. The van der Waals surface area contributed by atoms with E-state index in [9.17, 15) is 9.59 Å². The molecule has 2 N–H and O–H groups in total. The third kappa shape index (κ3) is 5.48. The first-order valence-corrected chi connectivity index (χ1v) is 14.7. The van der Waals surface area contributed by atoms with E-state index in [0.717, 1.165) is 32.8 Å². The van der Waals surface area contributed by atoms with Crippen molar-refractivity contribution in [2.75, 3.05) is 0 Å². The lowest BCUT2D eigenvalue weighted by Gasteiger charge is -2.11. The summed E-state index contributed by atoms with van der Waals surface area (Å²) in [5.41, 5.74) is 6.24. The highest BCUT2D eigenvalue weighted by Crippen LogP contribution is 2.36. The van der Waals surface area contributed by atoms with Crippen molar-refractivity contribution in [2.45, 2.75) is 0 Å². The van der Waals surface area contributed by atoms with Crippen molar-refractivity contribution in [1.29, 1.82) is 0 Å². The number of hydrogen-bond acceptors (Lipinski definition) is 4. The Morgan fingerprint density at radius 1 is 0.857 bits per heavy atom. The van der Waals surface area contributed by atoms with Crippen LogP contribution in [-0.4, -0.2) is 23.1 Å². The van der Waals surface area contributed by atoms with Gasteiger partial charge in [-0.05, 0) is 51.1 Å². The molecule has 0 radical (unpaired) electrons. The Morgan fingerprint density at radius 3 is 2.40 bits per heavy atom. The fraction of sp³-hybridized carbons (Fsp3) is 0. The molecule has 9 heteroatoms. The number of hydrogen-bond donors (Lipinski definition) is 2. The fourth-order valence-corrected chi connectivity index (χ4v) is 6.34. The third-order valence-electron chi connectivity index (χ3n) is 6.68. The van der Waals surface area contributed by atoms with Gasteiger partial charge in [-0.15, -0.1) is 0 Å². The zero-order valence-corrected chi connectivity index (χ0v) is 25.6. The Morgan fingerprint density at radius 2 is 1.60 bits per heavy atom. The number of halogens is 3. The van der Waals surface area contributed by atoms with Crippen LogP contribution in [0.1, 0.15) is 26.4 Å². The van der Waals surface area contributed by atoms with Crippen LogP contribution >= 0.6 is 43.5 Å². The van der Waals surface area contributed by atoms with Crippen LogP contribution in [0.4, 0.5) is 0 Å². The number of aromatic nitrogens is 1. The minimum Gasteiger partial charge on any atom is -0.421 e. The summed E-state index contributed by atoms with van der Waals surface area (Å²) in [7, 11) is 0. The molecule has 0 fully saturated rings. The molecule has 0 saturated heterocycles. The van der Waals surface area contributed by atoms with Gasteiger partial charge in [-0.3, -0.25) is 4.79 Å². The van der Waals surface area contributed by atoms with Gasteiger partial charge < -0.3 is 9.72 Å². The molecule has 0 aliphatic carbocycles. The SMILES string of the molecule is O=C(Oc1c(Br)cc(Br)cc1C=NNC(=O)c1[nH]c2c(ccc3ccccc32)c1-c1ccccc1)c1ccccc1Cl. The number of ether oxygens (including phenoxy) is 1. The van der Waals surface area contributed by atoms with Crippen LogP contribution in [0, 0.1) is 0 Å². The summed E-state index contributed by atoms with van der Waals surface area (Å²) in [4.78, 5) is 29.8. The van der Waals surface area contributed by atoms with Crippen LogP contribution < -0.4 is 10.2 Å². The van der Waals surface area contributed by atoms with Crippen molar-refractivity contribution in [3.05, 3.63) is 134 Å². The van der Waals surface area contributed by atoms with Gasteiger partial charge in [0, 0.05) is 26.4 Å². The largest absolute Gasteiger partial charge is 0.421 e. The van der Waals surface area contributed by atoms with Crippen molar-refractivity contribution in [3.63, 3.8) is 0 Å². The Balaban J connectivity index is 1.34. The number of benzene rings is 5. The average Bonchev–Trinajstić information content (AvgIpc) is 3.40. The highest BCUT2D eigenvalue weighted by atomic mass is 79.9. The Bertz CT molecular complexity index is 2020. The predicted octanol–water partition coefficient (Wildman–Crippen LogP) is 9.15. The second-order valence-electron chi connectivity index (χ2n) is 9.32. The van der Waals surface area contributed by atoms with Crippen molar-refractivity contribution in [3.8, 4) is 16.9 Å². The molecule has 1 amide bonds. The second kappa shape index (κ2) is 11.9. The minimum atomic E-state index is -0.625.